The first-order valence-electron chi connectivity index (χ1n) is 8.62. The number of nitrogens with zero attached hydrogens (tertiary/aromatic N) is 5. The summed E-state index contributed by atoms with van der Waals surface area (Å²) in [6, 6.07) is 1.83. The van der Waals surface area contributed by atoms with E-state index in [1.165, 1.54) is 0 Å². The van der Waals surface area contributed by atoms with Crippen LogP contribution in [0.5, 0.6) is 0 Å². The van der Waals surface area contributed by atoms with Crippen LogP contribution in [0.15, 0.2) is 23.6 Å². The van der Waals surface area contributed by atoms with Crippen molar-refractivity contribution < 1.29 is 4.74 Å². The van der Waals surface area contributed by atoms with E-state index in [1.807, 2.05) is 13.0 Å². The highest BCUT2D eigenvalue weighted by atomic mass is 32.2. The van der Waals surface area contributed by atoms with Crippen LogP contribution in [0, 0.1) is 13.8 Å². The van der Waals surface area contributed by atoms with E-state index in [2.05, 4.69) is 26.4 Å². The summed E-state index contributed by atoms with van der Waals surface area (Å²) in [4.78, 5) is 17.7. The molecule has 0 atom stereocenters. The van der Waals surface area contributed by atoms with Crippen LogP contribution in [0.4, 0.5) is 5.82 Å². The van der Waals surface area contributed by atoms with Crippen molar-refractivity contribution in [3.05, 3.63) is 35.5 Å². The molecule has 0 radical (unpaired) electrons. The average molecular weight is 372 g/mol. The van der Waals surface area contributed by atoms with Gasteiger partial charge in [0.25, 0.3) is 0 Å². The molecule has 26 heavy (non-hydrogen) atoms. The van der Waals surface area contributed by atoms with Crippen LogP contribution in [-0.4, -0.2) is 44.0 Å². The van der Waals surface area contributed by atoms with Gasteiger partial charge in [0.1, 0.15) is 11.3 Å². The molecular formula is C18H24N6OS. The van der Waals surface area contributed by atoms with Gasteiger partial charge in [0, 0.05) is 43.9 Å². The van der Waals surface area contributed by atoms with E-state index in [0.717, 1.165) is 58.4 Å². The smallest absolute Gasteiger partial charge is 0.187 e. The first-order chi connectivity index (χ1) is 12.6. The number of pyridine rings is 1. The van der Waals surface area contributed by atoms with Gasteiger partial charge in [-0.05, 0) is 31.9 Å². The predicted molar refractivity (Wildman–Crippen MR) is 104 cm³/mol. The minimum absolute atomic E-state index is 0.493. The maximum absolute atomic E-state index is 6.13. The van der Waals surface area contributed by atoms with Crippen molar-refractivity contribution in [1.82, 2.24) is 24.5 Å². The molecule has 7 nitrogen and oxygen atoms in total. The molecule has 0 spiro atoms. The van der Waals surface area contributed by atoms with Gasteiger partial charge >= 0.3 is 0 Å². The molecule has 0 aromatic carbocycles. The lowest BCUT2D eigenvalue weighted by atomic mass is 10.2. The molecule has 3 aromatic heterocycles. The summed E-state index contributed by atoms with van der Waals surface area (Å²) in [6.07, 6.45) is 5.26. The highest BCUT2D eigenvalue weighted by molar-refractivity contribution is 7.99. The van der Waals surface area contributed by atoms with E-state index in [1.54, 1.807) is 31.3 Å². The number of hydrogen-bond acceptors (Lipinski definition) is 7. The van der Waals surface area contributed by atoms with Gasteiger partial charge in [0.2, 0.25) is 0 Å². The molecule has 2 N–H and O–H groups in total. The van der Waals surface area contributed by atoms with Gasteiger partial charge in [0.05, 0.1) is 12.1 Å². The van der Waals surface area contributed by atoms with Gasteiger partial charge in [-0.15, -0.1) is 0 Å². The Morgan fingerprint density at radius 3 is 2.69 bits per heavy atom. The van der Waals surface area contributed by atoms with Crippen LogP contribution in [-0.2, 0) is 17.7 Å². The molecule has 0 aliphatic heterocycles. The molecule has 0 amide bonds. The molecule has 138 valence electrons. The quantitative estimate of drug-likeness (QED) is 0.369. The summed E-state index contributed by atoms with van der Waals surface area (Å²) in [7, 11) is 1.70. The minimum atomic E-state index is 0.493. The summed E-state index contributed by atoms with van der Waals surface area (Å²) in [5.74, 6) is 2.42. The van der Waals surface area contributed by atoms with Crippen molar-refractivity contribution in [3.8, 4) is 0 Å². The fourth-order valence-corrected chi connectivity index (χ4v) is 3.64. The van der Waals surface area contributed by atoms with Gasteiger partial charge in [0.15, 0.2) is 11.0 Å². The number of nitrogen functional groups attached to an aromatic ring is 1. The number of hydrogen-bond donors (Lipinski definition) is 1. The zero-order chi connectivity index (χ0) is 18.5. The van der Waals surface area contributed by atoms with Crippen molar-refractivity contribution in [1.29, 1.82) is 0 Å². The number of thioether (sulfide) groups is 1. The largest absolute Gasteiger partial charge is 0.384 e. The molecule has 0 fully saturated rings. The Hall–Kier alpha value is -2.19. The van der Waals surface area contributed by atoms with Crippen molar-refractivity contribution in [3.63, 3.8) is 0 Å². The lowest BCUT2D eigenvalue weighted by molar-refractivity contribution is 0.199. The number of methoxy groups -OCH3 is 1. The van der Waals surface area contributed by atoms with Crippen LogP contribution >= 0.6 is 11.8 Å². The van der Waals surface area contributed by atoms with E-state index in [-0.39, 0.29) is 0 Å². The standard InChI is InChI=1S/C18H24N6OS/c1-12-13(2)22-17(19)15-16(12)24(14(23-15)6-10-25-3)9-5-11-26-18-20-7-4-8-21-18/h4,7-8H,5-6,9-11H2,1-3H3,(H2,19,22). The van der Waals surface area contributed by atoms with Crippen molar-refractivity contribution >= 4 is 28.6 Å². The van der Waals surface area contributed by atoms with E-state index >= 15 is 0 Å². The summed E-state index contributed by atoms with van der Waals surface area (Å²) in [5.41, 5.74) is 10.1. The molecule has 0 saturated carbocycles. The molecule has 0 unspecified atom stereocenters. The Balaban J connectivity index is 1.82. The zero-order valence-corrected chi connectivity index (χ0v) is 16.2. The highest BCUT2D eigenvalue weighted by Gasteiger charge is 2.17. The fraction of sp³-hybridized carbons (Fsp3) is 0.444. The number of anilines is 1. The van der Waals surface area contributed by atoms with Crippen LogP contribution in [0.1, 0.15) is 23.5 Å². The minimum Gasteiger partial charge on any atom is -0.384 e. The van der Waals surface area contributed by atoms with Gasteiger partial charge in [-0.1, -0.05) is 11.8 Å². The van der Waals surface area contributed by atoms with E-state index < -0.39 is 0 Å². The van der Waals surface area contributed by atoms with Gasteiger partial charge in [-0.25, -0.2) is 19.9 Å². The van der Waals surface area contributed by atoms with E-state index in [0.29, 0.717) is 12.4 Å². The number of rotatable bonds is 8. The highest BCUT2D eigenvalue weighted by Crippen LogP contribution is 2.27. The van der Waals surface area contributed by atoms with Crippen molar-refractivity contribution in [2.45, 2.75) is 38.4 Å². The maximum Gasteiger partial charge on any atom is 0.187 e. The number of aryl methyl sites for hydroxylation is 3. The molecule has 0 saturated heterocycles. The molecule has 3 heterocycles. The molecule has 0 bridgehead atoms. The first-order valence-corrected chi connectivity index (χ1v) is 9.61. The van der Waals surface area contributed by atoms with Crippen LogP contribution in [0.2, 0.25) is 0 Å². The Morgan fingerprint density at radius 1 is 1.19 bits per heavy atom. The van der Waals surface area contributed by atoms with Crippen molar-refractivity contribution in [2.24, 2.45) is 0 Å². The van der Waals surface area contributed by atoms with Crippen LogP contribution in [0.3, 0.4) is 0 Å². The summed E-state index contributed by atoms with van der Waals surface area (Å²) >= 11 is 1.66. The third-order valence-corrected chi connectivity index (χ3v) is 5.27. The third kappa shape index (κ3) is 3.96. The van der Waals surface area contributed by atoms with Crippen LogP contribution in [0.25, 0.3) is 11.0 Å². The van der Waals surface area contributed by atoms with Crippen molar-refractivity contribution in [2.75, 3.05) is 25.2 Å². The van der Waals surface area contributed by atoms with E-state index in [4.69, 9.17) is 15.5 Å². The van der Waals surface area contributed by atoms with Gasteiger partial charge in [-0.2, -0.15) is 0 Å². The molecule has 0 aliphatic rings. The second kappa shape index (κ2) is 8.46. The normalized spacial score (nSPS) is 11.3. The lowest BCUT2D eigenvalue weighted by Crippen LogP contribution is -2.09. The predicted octanol–water partition coefficient (Wildman–Crippen LogP) is 2.79. The number of ether oxygens (including phenoxy) is 1. The number of imidazole rings is 1. The SMILES string of the molecule is COCCc1nc2c(N)nc(C)c(C)c2n1CCCSc1ncccn1. The first kappa shape index (κ1) is 18.6. The maximum atomic E-state index is 6.13. The Labute approximate surface area is 157 Å². The Bertz CT molecular complexity index is 881. The zero-order valence-electron chi connectivity index (χ0n) is 15.4. The van der Waals surface area contributed by atoms with Gasteiger partial charge in [-0.3, -0.25) is 0 Å². The fourth-order valence-electron chi connectivity index (χ4n) is 2.92. The average Bonchev–Trinajstić information content (AvgIpc) is 3.01. The van der Waals surface area contributed by atoms with E-state index in [9.17, 15) is 0 Å². The topological polar surface area (TPSA) is 91.7 Å². The second-order valence-corrected chi connectivity index (χ2v) is 7.12. The monoisotopic (exact) mass is 372 g/mol. The summed E-state index contributed by atoms with van der Waals surface area (Å²) in [6.45, 7) is 5.55. The molecule has 3 aromatic rings. The molecular weight excluding hydrogens is 348 g/mol. The van der Waals surface area contributed by atoms with Crippen LogP contribution < -0.4 is 5.73 Å². The Morgan fingerprint density at radius 2 is 1.96 bits per heavy atom. The number of nitrogens with two attached hydrogens (primary N) is 1. The summed E-state index contributed by atoms with van der Waals surface area (Å²) < 4.78 is 7.51. The number of aromatic nitrogens is 5. The van der Waals surface area contributed by atoms with Gasteiger partial charge < -0.3 is 15.0 Å². The Kier molecular flexibility index (Phi) is 6.05. The molecule has 3 rings (SSSR count). The molecule has 0 aliphatic carbocycles. The molecule has 8 heteroatoms. The lowest BCUT2D eigenvalue weighted by Gasteiger charge is -2.11. The second-order valence-electron chi connectivity index (χ2n) is 6.06. The summed E-state index contributed by atoms with van der Waals surface area (Å²) in [5, 5.41) is 0.808. The third-order valence-electron chi connectivity index (χ3n) is 4.30. The number of fused-ring (bicyclic) bond motifs is 1.